The molecule has 2 aliphatic rings. The quantitative estimate of drug-likeness (QED) is 0.576. The number of rotatable bonds is 5. The Kier molecular flexibility index (Phi) is 4.98. The molecule has 156 valence electrons. The van der Waals surface area contributed by atoms with Crippen molar-refractivity contribution in [2.45, 2.75) is 31.7 Å². The van der Waals surface area contributed by atoms with Crippen LogP contribution in [-0.4, -0.2) is 51.4 Å². The van der Waals surface area contributed by atoms with E-state index in [2.05, 4.69) is 15.3 Å². The lowest BCUT2D eigenvalue weighted by atomic mass is 10.1. The van der Waals surface area contributed by atoms with Crippen molar-refractivity contribution in [3.8, 4) is 11.5 Å². The lowest BCUT2D eigenvalue weighted by Crippen LogP contribution is -2.47. The summed E-state index contributed by atoms with van der Waals surface area (Å²) in [5, 5.41) is 13.9. The fourth-order valence-corrected chi connectivity index (χ4v) is 4.23. The topological polar surface area (TPSA) is 99.7 Å². The second-order valence-electron chi connectivity index (χ2n) is 7.49. The van der Waals surface area contributed by atoms with Gasteiger partial charge in [0.05, 0.1) is 23.7 Å². The molecule has 8 nitrogen and oxygen atoms in total. The van der Waals surface area contributed by atoms with E-state index in [9.17, 15) is 9.90 Å². The lowest BCUT2D eigenvalue weighted by molar-refractivity contribution is -0.128. The molecule has 0 saturated carbocycles. The molecule has 0 spiro atoms. The van der Waals surface area contributed by atoms with Crippen molar-refractivity contribution < 1.29 is 19.4 Å². The number of fused-ring (bicyclic) bond motifs is 2. The number of carbonyl (C=O) groups is 1. The normalized spacial score (nSPS) is 20.7. The SMILES string of the molecule is O=C(NCc1nc2ccccc2[nH]1)[C@@H]1[C@@H](O)CCN1Cc1cc2c(cc1Cl)OCO2. The number of para-hydroxylation sites is 2. The fourth-order valence-electron chi connectivity index (χ4n) is 4.02. The molecule has 1 fully saturated rings. The van der Waals surface area contributed by atoms with Gasteiger partial charge in [-0.1, -0.05) is 23.7 Å². The zero-order valence-corrected chi connectivity index (χ0v) is 16.9. The highest BCUT2D eigenvalue weighted by atomic mass is 35.5. The number of benzene rings is 2. The summed E-state index contributed by atoms with van der Waals surface area (Å²) in [6.45, 7) is 1.45. The van der Waals surface area contributed by atoms with Gasteiger partial charge in [0.15, 0.2) is 11.5 Å². The number of amides is 1. The van der Waals surface area contributed by atoms with Crippen molar-refractivity contribution in [3.05, 3.63) is 52.8 Å². The third kappa shape index (κ3) is 3.58. The number of carbonyl (C=O) groups excluding carboxylic acids is 1. The maximum Gasteiger partial charge on any atom is 0.240 e. The Morgan fingerprint density at radius 3 is 2.93 bits per heavy atom. The first kappa shape index (κ1) is 19.2. The highest BCUT2D eigenvalue weighted by Gasteiger charge is 2.38. The summed E-state index contributed by atoms with van der Waals surface area (Å²) in [4.78, 5) is 22.5. The zero-order chi connectivity index (χ0) is 20.7. The summed E-state index contributed by atoms with van der Waals surface area (Å²) in [5.41, 5.74) is 2.59. The largest absolute Gasteiger partial charge is 0.454 e. The highest BCUT2D eigenvalue weighted by molar-refractivity contribution is 6.31. The molecule has 30 heavy (non-hydrogen) atoms. The number of imidazole rings is 1. The fraction of sp³-hybridized carbons (Fsp3) is 0.333. The number of ether oxygens (including phenoxy) is 2. The standard InChI is InChI=1S/C21H21ClN4O4/c22-13-8-18-17(29-11-30-18)7-12(13)10-26-6-5-16(27)20(26)21(28)23-9-19-24-14-3-1-2-4-15(14)25-19/h1-4,7-8,16,20,27H,5-6,9-11H2,(H,23,28)(H,24,25)/t16-,20-/m0/s1. The maximum atomic E-state index is 12.9. The Labute approximate surface area is 177 Å². The van der Waals surface area contributed by atoms with E-state index in [1.165, 1.54) is 0 Å². The average Bonchev–Trinajstić information content (AvgIpc) is 3.44. The van der Waals surface area contributed by atoms with E-state index in [1.54, 1.807) is 6.07 Å². The molecule has 0 unspecified atom stereocenters. The number of nitrogens with one attached hydrogen (secondary N) is 2. The van der Waals surface area contributed by atoms with Gasteiger partial charge in [0.1, 0.15) is 11.9 Å². The molecule has 2 aliphatic heterocycles. The van der Waals surface area contributed by atoms with Gasteiger partial charge in [-0.25, -0.2) is 4.98 Å². The molecule has 0 radical (unpaired) electrons. The molecule has 0 aliphatic carbocycles. The molecule has 1 aromatic heterocycles. The number of H-pyrrole nitrogens is 1. The van der Waals surface area contributed by atoms with E-state index in [0.29, 0.717) is 41.9 Å². The minimum atomic E-state index is -0.742. The van der Waals surface area contributed by atoms with Crippen LogP contribution in [0.3, 0.4) is 0 Å². The number of aromatic nitrogens is 2. The van der Waals surface area contributed by atoms with Gasteiger partial charge in [0, 0.05) is 24.2 Å². The van der Waals surface area contributed by atoms with E-state index in [1.807, 2.05) is 35.2 Å². The molecule has 1 amide bonds. The maximum absolute atomic E-state index is 12.9. The van der Waals surface area contributed by atoms with E-state index in [-0.39, 0.29) is 19.2 Å². The van der Waals surface area contributed by atoms with Crippen LogP contribution in [0.5, 0.6) is 11.5 Å². The number of nitrogens with zero attached hydrogens (tertiary/aromatic N) is 2. The minimum Gasteiger partial charge on any atom is -0.454 e. The van der Waals surface area contributed by atoms with Crippen LogP contribution in [0.15, 0.2) is 36.4 Å². The number of aliphatic hydroxyl groups excluding tert-OH is 1. The molecule has 0 bridgehead atoms. The number of aliphatic hydroxyl groups is 1. The van der Waals surface area contributed by atoms with Gasteiger partial charge in [-0.2, -0.15) is 0 Å². The van der Waals surface area contributed by atoms with E-state index in [4.69, 9.17) is 21.1 Å². The van der Waals surface area contributed by atoms with E-state index >= 15 is 0 Å². The van der Waals surface area contributed by atoms with Crippen molar-refractivity contribution in [1.29, 1.82) is 0 Å². The van der Waals surface area contributed by atoms with Gasteiger partial charge in [0.2, 0.25) is 12.7 Å². The zero-order valence-electron chi connectivity index (χ0n) is 16.1. The van der Waals surface area contributed by atoms with Crippen LogP contribution in [0.1, 0.15) is 17.8 Å². The summed E-state index contributed by atoms with van der Waals surface area (Å²) >= 11 is 6.39. The second-order valence-corrected chi connectivity index (χ2v) is 7.89. The summed E-state index contributed by atoms with van der Waals surface area (Å²) in [7, 11) is 0. The number of hydrogen-bond acceptors (Lipinski definition) is 6. The molecule has 2 atom stereocenters. The molecule has 3 heterocycles. The van der Waals surface area contributed by atoms with Gasteiger partial charge in [0.25, 0.3) is 0 Å². The van der Waals surface area contributed by atoms with Crippen LogP contribution < -0.4 is 14.8 Å². The van der Waals surface area contributed by atoms with Gasteiger partial charge < -0.3 is 24.9 Å². The van der Waals surface area contributed by atoms with Gasteiger partial charge in [-0.05, 0) is 30.2 Å². The molecule has 1 saturated heterocycles. The highest BCUT2D eigenvalue weighted by Crippen LogP contribution is 2.37. The Balaban J connectivity index is 1.28. The second kappa shape index (κ2) is 7.79. The third-order valence-electron chi connectivity index (χ3n) is 5.52. The Morgan fingerprint density at radius 2 is 2.10 bits per heavy atom. The van der Waals surface area contributed by atoms with Crippen molar-refractivity contribution in [2.75, 3.05) is 13.3 Å². The predicted octanol–water partition coefficient (Wildman–Crippen LogP) is 2.20. The first-order valence-electron chi connectivity index (χ1n) is 9.80. The van der Waals surface area contributed by atoms with E-state index < -0.39 is 12.1 Å². The van der Waals surface area contributed by atoms with Crippen molar-refractivity contribution in [1.82, 2.24) is 20.2 Å². The smallest absolute Gasteiger partial charge is 0.240 e. The molecule has 2 aromatic carbocycles. The summed E-state index contributed by atoms with van der Waals surface area (Å²) in [5.74, 6) is 1.69. The van der Waals surface area contributed by atoms with Crippen LogP contribution in [0.2, 0.25) is 5.02 Å². The predicted molar refractivity (Wildman–Crippen MR) is 110 cm³/mol. The minimum absolute atomic E-state index is 0.171. The van der Waals surface area contributed by atoms with Gasteiger partial charge >= 0.3 is 0 Å². The Bertz CT molecular complexity index is 1070. The average molecular weight is 429 g/mol. The van der Waals surface area contributed by atoms with Crippen molar-refractivity contribution in [3.63, 3.8) is 0 Å². The molecule has 9 heteroatoms. The molecule has 3 aromatic rings. The Morgan fingerprint density at radius 1 is 1.30 bits per heavy atom. The number of hydrogen-bond donors (Lipinski definition) is 3. The van der Waals surface area contributed by atoms with Crippen LogP contribution >= 0.6 is 11.6 Å². The number of halogens is 1. The molecule has 5 rings (SSSR count). The van der Waals surface area contributed by atoms with Crippen molar-refractivity contribution >= 4 is 28.5 Å². The third-order valence-corrected chi connectivity index (χ3v) is 5.87. The number of likely N-dealkylation sites (tertiary alicyclic amines) is 1. The first-order valence-corrected chi connectivity index (χ1v) is 10.2. The van der Waals surface area contributed by atoms with Crippen LogP contribution in [0.25, 0.3) is 11.0 Å². The van der Waals surface area contributed by atoms with Gasteiger partial charge in [-0.15, -0.1) is 0 Å². The summed E-state index contributed by atoms with van der Waals surface area (Å²) in [6.07, 6.45) is -0.223. The monoisotopic (exact) mass is 428 g/mol. The summed E-state index contributed by atoms with van der Waals surface area (Å²) in [6, 6.07) is 10.6. The van der Waals surface area contributed by atoms with Crippen LogP contribution in [0.4, 0.5) is 0 Å². The first-order chi connectivity index (χ1) is 14.6. The molecule has 3 N–H and O–H groups in total. The van der Waals surface area contributed by atoms with Crippen LogP contribution in [0, 0.1) is 0 Å². The van der Waals surface area contributed by atoms with E-state index in [0.717, 1.165) is 16.6 Å². The Hall–Kier alpha value is -2.81. The molecular formula is C21H21ClN4O4. The van der Waals surface area contributed by atoms with Crippen LogP contribution in [-0.2, 0) is 17.9 Å². The van der Waals surface area contributed by atoms with Crippen molar-refractivity contribution in [2.24, 2.45) is 0 Å². The lowest BCUT2D eigenvalue weighted by Gasteiger charge is -2.25. The molecular weight excluding hydrogens is 408 g/mol. The van der Waals surface area contributed by atoms with Gasteiger partial charge in [-0.3, -0.25) is 9.69 Å². The summed E-state index contributed by atoms with van der Waals surface area (Å²) < 4.78 is 10.8. The number of aromatic amines is 1.